The summed E-state index contributed by atoms with van der Waals surface area (Å²) in [6.45, 7) is 3.61. The van der Waals surface area contributed by atoms with Crippen molar-refractivity contribution in [1.29, 1.82) is 0 Å². The van der Waals surface area contributed by atoms with Gasteiger partial charge in [0, 0.05) is 39.6 Å². The van der Waals surface area contributed by atoms with Crippen LogP contribution in [0.3, 0.4) is 0 Å². The molecule has 0 radical (unpaired) electrons. The van der Waals surface area contributed by atoms with Gasteiger partial charge in [-0.2, -0.15) is 0 Å². The van der Waals surface area contributed by atoms with Crippen LogP contribution in [0, 0.1) is 0 Å². The van der Waals surface area contributed by atoms with E-state index in [4.69, 9.17) is 4.74 Å². The van der Waals surface area contributed by atoms with E-state index < -0.39 is 0 Å². The second-order valence-electron chi connectivity index (χ2n) is 7.06. The molecule has 0 bridgehead atoms. The monoisotopic (exact) mass is 394 g/mol. The smallest absolute Gasteiger partial charge is 0.223 e. The van der Waals surface area contributed by atoms with E-state index in [2.05, 4.69) is 27.8 Å². The number of benzene rings is 2. The summed E-state index contributed by atoms with van der Waals surface area (Å²) >= 11 is 0. The standard InChI is InChI=1S/C23H30N4O2/c1-24-23(26-15-8-16-29-21-11-3-2-4-12-21)25-14-7-13-22(28)27-17-19-9-5-6-10-20(19)18-27/h2-6,9-12H,7-8,13-18H2,1H3,(H2,24,25,26). The first kappa shape index (κ1) is 20.7. The predicted octanol–water partition coefficient (Wildman–Crippen LogP) is 2.94. The molecule has 0 saturated heterocycles. The Balaban J connectivity index is 1.25. The first-order valence-electron chi connectivity index (χ1n) is 10.2. The van der Waals surface area contributed by atoms with Gasteiger partial charge < -0.3 is 20.3 Å². The summed E-state index contributed by atoms with van der Waals surface area (Å²) in [6.07, 6.45) is 2.20. The third-order valence-electron chi connectivity index (χ3n) is 4.90. The van der Waals surface area contributed by atoms with E-state index in [1.54, 1.807) is 7.05 Å². The summed E-state index contributed by atoms with van der Waals surface area (Å²) in [6, 6.07) is 18.1. The molecule has 0 unspecified atom stereocenters. The van der Waals surface area contributed by atoms with Crippen molar-refractivity contribution in [2.75, 3.05) is 26.7 Å². The minimum atomic E-state index is 0.212. The fourth-order valence-electron chi connectivity index (χ4n) is 3.32. The zero-order valence-corrected chi connectivity index (χ0v) is 17.1. The van der Waals surface area contributed by atoms with Gasteiger partial charge in [-0.1, -0.05) is 42.5 Å². The van der Waals surface area contributed by atoms with Crippen LogP contribution in [0.2, 0.25) is 0 Å². The van der Waals surface area contributed by atoms with E-state index in [0.29, 0.717) is 19.6 Å². The van der Waals surface area contributed by atoms with Crippen molar-refractivity contribution >= 4 is 11.9 Å². The normalized spacial score (nSPS) is 13.1. The number of hydrogen-bond donors (Lipinski definition) is 2. The second kappa shape index (κ2) is 11.1. The van der Waals surface area contributed by atoms with E-state index in [9.17, 15) is 4.79 Å². The third kappa shape index (κ3) is 6.52. The van der Waals surface area contributed by atoms with Crippen molar-refractivity contribution in [1.82, 2.24) is 15.5 Å². The molecule has 1 aliphatic rings. The number of ether oxygens (including phenoxy) is 1. The summed E-state index contributed by atoms with van der Waals surface area (Å²) in [5.74, 6) is 1.86. The zero-order chi connectivity index (χ0) is 20.3. The summed E-state index contributed by atoms with van der Waals surface area (Å²) in [5, 5.41) is 6.54. The van der Waals surface area contributed by atoms with Crippen LogP contribution < -0.4 is 15.4 Å². The van der Waals surface area contributed by atoms with Crippen LogP contribution in [-0.4, -0.2) is 43.5 Å². The maximum absolute atomic E-state index is 12.4. The Morgan fingerprint density at radius 3 is 2.24 bits per heavy atom. The number of fused-ring (bicyclic) bond motifs is 1. The van der Waals surface area contributed by atoms with E-state index in [1.807, 2.05) is 47.4 Å². The van der Waals surface area contributed by atoms with E-state index in [0.717, 1.165) is 44.2 Å². The van der Waals surface area contributed by atoms with Crippen LogP contribution in [0.4, 0.5) is 0 Å². The van der Waals surface area contributed by atoms with Crippen LogP contribution in [0.5, 0.6) is 5.75 Å². The average molecular weight is 395 g/mol. The Bertz CT molecular complexity index is 783. The second-order valence-corrected chi connectivity index (χ2v) is 7.06. The van der Waals surface area contributed by atoms with Crippen molar-refractivity contribution in [2.24, 2.45) is 4.99 Å². The highest BCUT2D eigenvalue weighted by Crippen LogP contribution is 2.22. The average Bonchev–Trinajstić information content (AvgIpc) is 3.20. The number of amides is 1. The largest absolute Gasteiger partial charge is 0.494 e. The number of para-hydroxylation sites is 1. The number of carbonyl (C=O) groups excluding carboxylic acids is 1. The fraction of sp³-hybridized carbons (Fsp3) is 0.391. The molecule has 0 spiro atoms. The van der Waals surface area contributed by atoms with Gasteiger partial charge in [0.05, 0.1) is 6.61 Å². The quantitative estimate of drug-likeness (QED) is 0.390. The van der Waals surface area contributed by atoms with Crippen molar-refractivity contribution in [3.63, 3.8) is 0 Å². The molecule has 2 aromatic carbocycles. The highest BCUT2D eigenvalue weighted by Gasteiger charge is 2.22. The van der Waals surface area contributed by atoms with Crippen molar-refractivity contribution in [3.05, 3.63) is 65.7 Å². The minimum Gasteiger partial charge on any atom is -0.494 e. The van der Waals surface area contributed by atoms with E-state index in [-0.39, 0.29) is 5.91 Å². The van der Waals surface area contributed by atoms with Crippen LogP contribution >= 0.6 is 0 Å². The number of hydrogen-bond acceptors (Lipinski definition) is 3. The topological polar surface area (TPSA) is 66.0 Å². The maximum atomic E-state index is 12.4. The van der Waals surface area contributed by atoms with Gasteiger partial charge in [-0.25, -0.2) is 0 Å². The van der Waals surface area contributed by atoms with Gasteiger partial charge in [0.25, 0.3) is 0 Å². The highest BCUT2D eigenvalue weighted by atomic mass is 16.5. The van der Waals surface area contributed by atoms with Crippen LogP contribution in [0.1, 0.15) is 30.4 Å². The molecule has 1 amide bonds. The lowest BCUT2D eigenvalue weighted by Crippen LogP contribution is -2.38. The summed E-state index contributed by atoms with van der Waals surface area (Å²) in [7, 11) is 1.75. The number of nitrogens with one attached hydrogen (secondary N) is 2. The molecular formula is C23H30N4O2. The molecule has 2 N–H and O–H groups in total. The predicted molar refractivity (Wildman–Crippen MR) is 116 cm³/mol. The van der Waals surface area contributed by atoms with Gasteiger partial charge in [-0.15, -0.1) is 0 Å². The molecule has 2 aromatic rings. The summed E-state index contributed by atoms with van der Waals surface area (Å²) in [5.41, 5.74) is 2.53. The van der Waals surface area contributed by atoms with Gasteiger partial charge in [-0.3, -0.25) is 9.79 Å². The molecule has 6 nitrogen and oxygen atoms in total. The number of rotatable bonds is 9. The summed E-state index contributed by atoms with van der Waals surface area (Å²) < 4.78 is 5.68. The van der Waals surface area contributed by atoms with Crippen molar-refractivity contribution in [3.8, 4) is 5.75 Å². The molecule has 1 aliphatic heterocycles. The molecule has 3 rings (SSSR count). The number of carbonyl (C=O) groups is 1. The molecule has 0 fully saturated rings. The Morgan fingerprint density at radius 1 is 0.966 bits per heavy atom. The third-order valence-corrected chi connectivity index (χ3v) is 4.90. The molecule has 0 atom stereocenters. The first-order valence-corrected chi connectivity index (χ1v) is 10.2. The number of aliphatic imine (C=N–C) groups is 1. The molecule has 0 saturated carbocycles. The first-order chi connectivity index (χ1) is 14.3. The molecule has 0 aliphatic carbocycles. The lowest BCUT2D eigenvalue weighted by molar-refractivity contribution is -0.131. The number of guanidine groups is 1. The Kier molecular flexibility index (Phi) is 7.92. The SMILES string of the molecule is CN=C(NCCCOc1ccccc1)NCCCC(=O)N1Cc2ccccc2C1. The van der Waals surface area contributed by atoms with Gasteiger partial charge >= 0.3 is 0 Å². The Hall–Kier alpha value is -3.02. The molecule has 1 heterocycles. The van der Waals surface area contributed by atoms with E-state index >= 15 is 0 Å². The van der Waals surface area contributed by atoms with Gasteiger partial charge in [0.1, 0.15) is 5.75 Å². The Labute approximate surface area is 173 Å². The van der Waals surface area contributed by atoms with Gasteiger partial charge in [0.2, 0.25) is 5.91 Å². The number of nitrogens with zero attached hydrogens (tertiary/aromatic N) is 2. The highest BCUT2D eigenvalue weighted by molar-refractivity contribution is 5.80. The van der Waals surface area contributed by atoms with Crippen LogP contribution in [0.25, 0.3) is 0 Å². The fourth-order valence-corrected chi connectivity index (χ4v) is 3.32. The van der Waals surface area contributed by atoms with Crippen LogP contribution in [0.15, 0.2) is 59.6 Å². The zero-order valence-electron chi connectivity index (χ0n) is 17.1. The Morgan fingerprint density at radius 2 is 1.59 bits per heavy atom. The minimum absolute atomic E-state index is 0.212. The van der Waals surface area contributed by atoms with Crippen molar-refractivity contribution in [2.45, 2.75) is 32.4 Å². The molecular weight excluding hydrogens is 364 g/mol. The lowest BCUT2D eigenvalue weighted by Gasteiger charge is -2.16. The van der Waals surface area contributed by atoms with Gasteiger partial charge in [0.15, 0.2) is 5.96 Å². The lowest BCUT2D eigenvalue weighted by atomic mass is 10.1. The van der Waals surface area contributed by atoms with Gasteiger partial charge in [-0.05, 0) is 36.1 Å². The molecule has 6 heteroatoms. The molecule has 29 heavy (non-hydrogen) atoms. The molecule has 0 aromatic heterocycles. The molecule has 154 valence electrons. The van der Waals surface area contributed by atoms with Crippen LogP contribution in [-0.2, 0) is 17.9 Å². The van der Waals surface area contributed by atoms with E-state index in [1.165, 1.54) is 11.1 Å². The van der Waals surface area contributed by atoms with Crippen molar-refractivity contribution < 1.29 is 9.53 Å². The maximum Gasteiger partial charge on any atom is 0.223 e. The summed E-state index contributed by atoms with van der Waals surface area (Å²) in [4.78, 5) is 18.6.